The van der Waals surface area contributed by atoms with Gasteiger partial charge in [-0.3, -0.25) is 9.59 Å². The van der Waals surface area contributed by atoms with Crippen molar-refractivity contribution in [3.63, 3.8) is 0 Å². The minimum Gasteiger partial charge on any atom is -0.480 e. The molecule has 1 aliphatic carbocycles. The van der Waals surface area contributed by atoms with Crippen LogP contribution in [-0.2, 0) is 9.59 Å². The number of rotatable bonds is 4. The first kappa shape index (κ1) is 13.6. The highest BCUT2D eigenvalue weighted by molar-refractivity contribution is 5.83. The van der Waals surface area contributed by atoms with Crippen molar-refractivity contribution < 1.29 is 19.5 Å². The second-order valence-corrected chi connectivity index (χ2v) is 5.11. The van der Waals surface area contributed by atoms with Gasteiger partial charge < -0.3 is 20.6 Å². The lowest BCUT2D eigenvalue weighted by molar-refractivity contribution is -0.138. The van der Waals surface area contributed by atoms with Gasteiger partial charge >= 0.3 is 12.0 Å². The van der Waals surface area contributed by atoms with Gasteiger partial charge in [0.15, 0.2) is 0 Å². The van der Waals surface area contributed by atoms with Gasteiger partial charge in [-0.2, -0.15) is 0 Å². The second kappa shape index (κ2) is 5.90. The lowest BCUT2D eigenvalue weighted by atomic mass is 10.2. The third-order valence-corrected chi connectivity index (χ3v) is 3.64. The van der Waals surface area contributed by atoms with Gasteiger partial charge in [0.05, 0.1) is 6.04 Å². The van der Waals surface area contributed by atoms with Crippen molar-refractivity contribution in [2.24, 2.45) is 0 Å². The van der Waals surface area contributed by atoms with Crippen LogP contribution in [0.5, 0.6) is 0 Å². The normalized spacial score (nSPS) is 23.2. The predicted octanol–water partition coefficient (Wildman–Crippen LogP) is -0.0863. The molecule has 19 heavy (non-hydrogen) atoms. The van der Waals surface area contributed by atoms with Crippen molar-refractivity contribution in [2.75, 3.05) is 13.1 Å². The number of nitrogens with zero attached hydrogens (tertiary/aromatic N) is 1. The monoisotopic (exact) mass is 269 g/mol. The molecule has 2 rings (SSSR count). The van der Waals surface area contributed by atoms with Crippen LogP contribution in [0.3, 0.4) is 0 Å². The number of aliphatic carboxylic acids is 1. The third-order valence-electron chi connectivity index (χ3n) is 3.64. The molecule has 1 saturated heterocycles. The summed E-state index contributed by atoms with van der Waals surface area (Å²) in [5.74, 6) is -1.10. The molecule has 3 amide bonds. The molecule has 3 N–H and O–H groups in total. The van der Waals surface area contributed by atoms with Crippen LogP contribution in [0, 0.1) is 0 Å². The third kappa shape index (κ3) is 3.59. The molecule has 1 aliphatic heterocycles. The van der Waals surface area contributed by atoms with E-state index in [9.17, 15) is 14.4 Å². The van der Waals surface area contributed by atoms with E-state index >= 15 is 0 Å². The maximum Gasteiger partial charge on any atom is 0.323 e. The number of carboxylic acid groups (broad SMARTS) is 1. The largest absolute Gasteiger partial charge is 0.480 e. The van der Waals surface area contributed by atoms with Crippen LogP contribution >= 0.6 is 0 Å². The molecular formula is C12H19N3O4. The van der Waals surface area contributed by atoms with Crippen molar-refractivity contribution in [1.29, 1.82) is 0 Å². The fourth-order valence-electron chi connectivity index (χ4n) is 2.69. The van der Waals surface area contributed by atoms with Crippen molar-refractivity contribution in [2.45, 2.75) is 44.2 Å². The smallest absolute Gasteiger partial charge is 0.323 e. The summed E-state index contributed by atoms with van der Waals surface area (Å²) >= 11 is 0. The van der Waals surface area contributed by atoms with Crippen molar-refractivity contribution in [1.82, 2.24) is 15.5 Å². The van der Waals surface area contributed by atoms with Gasteiger partial charge in [-0.1, -0.05) is 12.8 Å². The summed E-state index contributed by atoms with van der Waals surface area (Å²) in [5, 5.41) is 14.3. The van der Waals surface area contributed by atoms with Gasteiger partial charge in [0.2, 0.25) is 5.91 Å². The van der Waals surface area contributed by atoms with E-state index in [-0.39, 0.29) is 37.0 Å². The Hall–Kier alpha value is -1.79. The Balaban J connectivity index is 1.94. The van der Waals surface area contributed by atoms with Crippen LogP contribution in [0.15, 0.2) is 0 Å². The van der Waals surface area contributed by atoms with E-state index in [1.165, 1.54) is 4.90 Å². The average Bonchev–Trinajstić information content (AvgIpc) is 2.97. The Morgan fingerprint density at radius 3 is 2.58 bits per heavy atom. The summed E-state index contributed by atoms with van der Waals surface area (Å²) in [7, 11) is 0. The van der Waals surface area contributed by atoms with Crippen LogP contribution in [-0.4, -0.2) is 53.1 Å². The standard InChI is InChI=1S/C12H19N3O4/c16-10-5-8(6-13-10)14-12(19)15(7-11(17)18)9-3-1-2-4-9/h8-9H,1-7H2,(H,13,16)(H,14,19)(H,17,18). The molecule has 1 atom stereocenters. The number of hydrogen-bond donors (Lipinski definition) is 3. The maximum atomic E-state index is 12.1. The van der Waals surface area contributed by atoms with Crippen molar-refractivity contribution in [3.05, 3.63) is 0 Å². The minimum absolute atomic E-state index is 0.00108. The zero-order chi connectivity index (χ0) is 13.8. The van der Waals surface area contributed by atoms with Crippen LogP contribution < -0.4 is 10.6 Å². The molecule has 106 valence electrons. The fraction of sp³-hybridized carbons (Fsp3) is 0.750. The van der Waals surface area contributed by atoms with Crippen LogP contribution in [0.25, 0.3) is 0 Å². The van der Waals surface area contributed by atoms with E-state index in [2.05, 4.69) is 10.6 Å². The molecule has 2 fully saturated rings. The summed E-state index contributed by atoms with van der Waals surface area (Å²) < 4.78 is 0. The van der Waals surface area contributed by atoms with E-state index in [1.54, 1.807) is 0 Å². The molecule has 2 aliphatic rings. The Morgan fingerprint density at radius 2 is 2.05 bits per heavy atom. The quantitative estimate of drug-likeness (QED) is 0.664. The molecule has 0 bridgehead atoms. The molecule has 0 aromatic rings. The first-order valence-electron chi connectivity index (χ1n) is 6.62. The highest BCUT2D eigenvalue weighted by atomic mass is 16.4. The number of hydrogen-bond acceptors (Lipinski definition) is 3. The topological polar surface area (TPSA) is 98.7 Å². The van der Waals surface area contributed by atoms with E-state index in [0.717, 1.165) is 25.7 Å². The summed E-state index contributed by atoms with van der Waals surface area (Å²) in [6.45, 7) is 0.126. The second-order valence-electron chi connectivity index (χ2n) is 5.11. The van der Waals surface area contributed by atoms with Gasteiger partial charge in [0, 0.05) is 19.0 Å². The molecule has 0 aromatic carbocycles. The first-order valence-corrected chi connectivity index (χ1v) is 6.62. The number of nitrogens with one attached hydrogen (secondary N) is 2. The predicted molar refractivity (Wildman–Crippen MR) is 66.5 cm³/mol. The summed E-state index contributed by atoms with van der Waals surface area (Å²) in [6.07, 6.45) is 4.01. The number of urea groups is 1. The van der Waals surface area contributed by atoms with E-state index in [4.69, 9.17) is 5.11 Å². The Labute approximate surface area is 111 Å². The molecule has 1 unspecified atom stereocenters. The van der Waals surface area contributed by atoms with Gasteiger partial charge in [-0.25, -0.2) is 4.79 Å². The number of carboxylic acids is 1. The number of carbonyl (C=O) groups excluding carboxylic acids is 2. The zero-order valence-electron chi connectivity index (χ0n) is 10.7. The Bertz CT molecular complexity index is 379. The Morgan fingerprint density at radius 1 is 1.37 bits per heavy atom. The number of amides is 3. The zero-order valence-corrected chi connectivity index (χ0v) is 10.7. The van der Waals surface area contributed by atoms with Crippen molar-refractivity contribution >= 4 is 17.9 Å². The lowest BCUT2D eigenvalue weighted by Crippen LogP contribution is -2.50. The Kier molecular flexibility index (Phi) is 4.24. The summed E-state index contributed by atoms with van der Waals surface area (Å²) in [4.78, 5) is 35.5. The minimum atomic E-state index is -1.01. The van der Waals surface area contributed by atoms with Gasteiger partial charge in [-0.15, -0.1) is 0 Å². The molecule has 7 heteroatoms. The van der Waals surface area contributed by atoms with Crippen LogP contribution in [0.2, 0.25) is 0 Å². The van der Waals surface area contributed by atoms with Crippen LogP contribution in [0.1, 0.15) is 32.1 Å². The molecule has 1 heterocycles. The lowest BCUT2D eigenvalue weighted by Gasteiger charge is -2.28. The van der Waals surface area contributed by atoms with Crippen molar-refractivity contribution in [3.8, 4) is 0 Å². The molecule has 0 radical (unpaired) electrons. The van der Waals surface area contributed by atoms with Gasteiger partial charge in [0.25, 0.3) is 0 Å². The van der Waals surface area contributed by atoms with E-state index in [0.29, 0.717) is 6.54 Å². The molecule has 7 nitrogen and oxygen atoms in total. The SMILES string of the molecule is O=C(O)CN(C(=O)NC1CNC(=O)C1)C1CCCC1. The van der Waals surface area contributed by atoms with E-state index < -0.39 is 5.97 Å². The summed E-state index contributed by atoms with van der Waals surface area (Å²) in [5.41, 5.74) is 0. The highest BCUT2D eigenvalue weighted by Gasteiger charge is 2.31. The summed E-state index contributed by atoms with van der Waals surface area (Å²) in [6, 6.07) is -0.616. The van der Waals surface area contributed by atoms with Crippen LogP contribution in [0.4, 0.5) is 4.79 Å². The maximum absolute atomic E-state index is 12.1. The molecule has 0 spiro atoms. The van der Waals surface area contributed by atoms with Gasteiger partial charge in [0.1, 0.15) is 6.54 Å². The molecule has 0 aromatic heterocycles. The molecule has 1 saturated carbocycles. The first-order chi connectivity index (χ1) is 9.06. The number of carbonyl (C=O) groups is 3. The molecular weight excluding hydrogens is 250 g/mol. The highest BCUT2D eigenvalue weighted by Crippen LogP contribution is 2.23. The van der Waals surface area contributed by atoms with Gasteiger partial charge in [-0.05, 0) is 12.8 Å². The fourth-order valence-corrected chi connectivity index (χ4v) is 2.69. The van der Waals surface area contributed by atoms with E-state index in [1.807, 2.05) is 0 Å². The average molecular weight is 269 g/mol.